The van der Waals surface area contributed by atoms with Crippen molar-refractivity contribution >= 4 is 70.5 Å². The summed E-state index contributed by atoms with van der Waals surface area (Å²) in [7, 11) is 0. The van der Waals surface area contributed by atoms with Crippen LogP contribution in [0.15, 0.2) is 241 Å². The van der Waals surface area contributed by atoms with Crippen LogP contribution in [0.5, 0.6) is 0 Å². The van der Waals surface area contributed by atoms with Gasteiger partial charge >= 0.3 is 0 Å². The molecule has 0 aliphatic heterocycles. The van der Waals surface area contributed by atoms with Crippen LogP contribution in [0.4, 0.5) is 17.1 Å². The lowest BCUT2D eigenvalue weighted by molar-refractivity contribution is 0.669. The summed E-state index contributed by atoms with van der Waals surface area (Å²) < 4.78 is 8.92. The highest BCUT2D eigenvalue weighted by molar-refractivity contribution is 7.25. The third-order valence-electron chi connectivity index (χ3n) is 12.3. The Morgan fingerprint density at radius 3 is 1.51 bits per heavy atom. The summed E-state index contributed by atoms with van der Waals surface area (Å²) >= 11 is 1.85. The van der Waals surface area contributed by atoms with Crippen LogP contribution in [0.25, 0.3) is 97.7 Å². The number of hydrogen-bond acceptors (Lipinski definition) is 3. The van der Waals surface area contributed by atoms with E-state index in [9.17, 15) is 0 Å². The third kappa shape index (κ3) is 6.58. The number of rotatable bonds is 8. The molecule has 12 aromatic rings. The van der Waals surface area contributed by atoms with Crippen molar-refractivity contribution in [3.63, 3.8) is 0 Å². The van der Waals surface area contributed by atoms with Gasteiger partial charge in [0.25, 0.3) is 0 Å². The van der Waals surface area contributed by atoms with E-state index in [1.165, 1.54) is 59.1 Å². The molecule has 296 valence electrons. The van der Waals surface area contributed by atoms with Crippen LogP contribution >= 0.6 is 11.3 Å². The Morgan fingerprint density at radius 1 is 0.286 bits per heavy atom. The van der Waals surface area contributed by atoms with Gasteiger partial charge in [-0.2, -0.15) is 0 Å². The van der Waals surface area contributed by atoms with Crippen LogP contribution in [0, 0.1) is 0 Å². The second-order valence-corrected chi connectivity index (χ2v) is 17.1. The number of anilines is 3. The second kappa shape index (κ2) is 15.5. The molecular formula is C60H39NOS. The highest BCUT2D eigenvalue weighted by atomic mass is 32.1. The van der Waals surface area contributed by atoms with Gasteiger partial charge in [0.2, 0.25) is 0 Å². The van der Waals surface area contributed by atoms with Gasteiger partial charge < -0.3 is 9.32 Å². The minimum Gasteiger partial charge on any atom is -0.456 e. The summed E-state index contributed by atoms with van der Waals surface area (Å²) in [5.74, 6) is 0. The van der Waals surface area contributed by atoms with Crippen molar-refractivity contribution in [2.24, 2.45) is 0 Å². The maximum absolute atomic E-state index is 6.29. The summed E-state index contributed by atoms with van der Waals surface area (Å²) in [6.45, 7) is 0. The Hall–Kier alpha value is -7.98. The highest BCUT2D eigenvalue weighted by Gasteiger charge is 2.21. The molecule has 0 fully saturated rings. The van der Waals surface area contributed by atoms with Crippen molar-refractivity contribution in [2.75, 3.05) is 4.90 Å². The lowest BCUT2D eigenvalue weighted by Crippen LogP contribution is -2.11. The molecule has 0 amide bonds. The number of nitrogens with zero attached hydrogens (tertiary/aromatic N) is 1. The zero-order valence-electron chi connectivity index (χ0n) is 34.3. The fourth-order valence-corrected chi connectivity index (χ4v) is 10.4. The fraction of sp³-hybridized carbons (Fsp3) is 0. The molecule has 63 heavy (non-hydrogen) atoms. The van der Waals surface area contributed by atoms with E-state index in [-0.39, 0.29) is 0 Å². The van der Waals surface area contributed by atoms with Crippen molar-refractivity contribution in [3.05, 3.63) is 237 Å². The standard InChI is InChI=1S/C60H39NOS/c1-2-14-42(15-3-1)47-16-4-5-17-48(47)49-18-6-7-19-50(49)51-20-8-11-23-56(51)61(45-32-26-40(27-33-45)43-31-37-60-55(38-43)54-22-10-13-25-59(54)63-60)46-34-28-41(29-35-46)44-30-36-53-52-21-9-12-24-57(52)62-58(53)39-44/h1-39H. The topological polar surface area (TPSA) is 16.4 Å². The summed E-state index contributed by atoms with van der Waals surface area (Å²) in [6, 6.07) is 85.5. The van der Waals surface area contributed by atoms with E-state index in [2.05, 4.69) is 229 Å². The predicted molar refractivity (Wildman–Crippen MR) is 268 cm³/mol. The lowest BCUT2D eigenvalue weighted by Gasteiger charge is -2.29. The van der Waals surface area contributed by atoms with E-state index < -0.39 is 0 Å². The van der Waals surface area contributed by atoms with E-state index in [0.29, 0.717) is 0 Å². The number of fused-ring (bicyclic) bond motifs is 6. The molecule has 0 radical (unpaired) electrons. The Balaban J connectivity index is 0.986. The lowest BCUT2D eigenvalue weighted by atomic mass is 9.88. The zero-order chi connectivity index (χ0) is 41.7. The van der Waals surface area contributed by atoms with Gasteiger partial charge in [-0.3, -0.25) is 0 Å². The monoisotopic (exact) mass is 821 g/mol. The van der Waals surface area contributed by atoms with Gasteiger partial charge in [-0.15, -0.1) is 11.3 Å². The molecule has 0 saturated carbocycles. The minimum atomic E-state index is 0.896. The fourth-order valence-electron chi connectivity index (χ4n) is 9.28. The van der Waals surface area contributed by atoms with Gasteiger partial charge in [-0.05, 0) is 117 Å². The molecule has 0 aliphatic rings. The van der Waals surface area contributed by atoms with E-state index in [4.69, 9.17) is 4.42 Å². The average Bonchev–Trinajstić information content (AvgIpc) is 3.93. The first-order valence-corrected chi connectivity index (χ1v) is 22.2. The maximum Gasteiger partial charge on any atom is 0.136 e. The summed E-state index contributed by atoms with van der Waals surface area (Å²) in [5, 5.41) is 4.89. The SMILES string of the molecule is c1ccc(-c2ccccc2-c2ccccc2-c2ccccc2N(c2ccc(-c3ccc4c(c3)oc3ccccc34)cc2)c2ccc(-c3ccc4sc5ccccc5c4c3)cc2)cc1. The first-order valence-electron chi connectivity index (χ1n) is 21.4. The number of benzene rings is 10. The Labute approximate surface area is 370 Å². The molecule has 0 aliphatic carbocycles. The second-order valence-electron chi connectivity index (χ2n) is 16.0. The maximum atomic E-state index is 6.29. The molecular weight excluding hydrogens is 783 g/mol. The number of para-hydroxylation sites is 2. The van der Waals surface area contributed by atoms with Crippen molar-refractivity contribution in [2.45, 2.75) is 0 Å². The first-order chi connectivity index (χ1) is 31.2. The van der Waals surface area contributed by atoms with E-state index in [0.717, 1.165) is 55.7 Å². The number of hydrogen-bond donors (Lipinski definition) is 0. The van der Waals surface area contributed by atoms with Crippen LogP contribution in [0.3, 0.4) is 0 Å². The van der Waals surface area contributed by atoms with Crippen molar-refractivity contribution < 1.29 is 4.42 Å². The van der Waals surface area contributed by atoms with Crippen molar-refractivity contribution in [1.82, 2.24) is 0 Å². The van der Waals surface area contributed by atoms with Crippen molar-refractivity contribution in [3.8, 4) is 55.6 Å². The summed E-state index contributed by atoms with van der Waals surface area (Å²) in [6.07, 6.45) is 0. The van der Waals surface area contributed by atoms with Crippen LogP contribution in [-0.4, -0.2) is 0 Å². The van der Waals surface area contributed by atoms with Crippen LogP contribution in [0.1, 0.15) is 0 Å². The molecule has 2 nitrogen and oxygen atoms in total. The Bertz CT molecular complexity index is 3620. The molecule has 12 rings (SSSR count). The first kappa shape index (κ1) is 36.8. The Kier molecular flexibility index (Phi) is 9.06. The van der Waals surface area contributed by atoms with Crippen LogP contribution in [0.2, 0.25) is 0 Å². The van der Waals surface area contributed by atoms with Crippen LogP contribution in [-0.2, 0) is 0 Å². The van der Waals surface area contributed by atoms with Gasteiger partial charge in [0.1, 0.15) is 11.2 Å². The minimum absolute atomic E-state index is 0.896. The number of thiophene rings is 1. The molecule has 0 saturated heterocycles. The average molecular weight is 822 g/mol. The molecule has 0 spiro atoms. The molecule has 0 atom stereocenters. The molecule has 10 aromatic carbocycles. The van der Waals surface area contributed by atoms with E-state index in [1.54, 1.807) is 0 Å². The molecule has 3 heteroatoms. The van der Waals surface area contributed by atoms with Gasteiger partial charge in [-0.25, -0.2) is 0 Å². The number of furan rings is 1. The van der Waals surface area contributed by atoms with E-state index >= 15 is 0 Å². The van der Waals surface area contributed by atoms with Gasteiger partial charge in [0.05, 0.1) is 5.69 Å². The zero-order valence-corrected chi connectivity index (χ0v) is 35.1. The highest BCUT2D eigenvalue weighted by Crippen LogP contribution is 2.46. The summed E-state index contributed by atoms with van der Waals surface area (Å²) in [5.41, 5.74) is 16.8. The molecule has 0 N–H and O–H groups in total. The predicted octanol–water partition coefficient (Wildman–Crippen LogP) is 17.8. The largest absolute Gasteiger partial charge is 0.456 e. The molecule has 2 heterocycles. The molecule has 0 bridgehead atoms. The third-order valence-corrected chi connectivity index (χ3v) is 13.5. The van der Waals surface area contributed by atoms with Crippen molar-refractivity contribution in [1.29, 1.82) is 0 Å². The van der Waals surface area contributed by atoms with Gasteiger partial charge in [0, 0.05) is 47.9 Å². The van der Waals surface area contributed by atoms with Gasteiger partial charge in [0.15, 0.2) is 0 Å². The van der Waals surface area contributed by atoms with Crippen LogP contribution < -0.4 is 4.90 Å². The van der Waals surface area contributed by atoms with E-state index in [1.807, 2.05) is 23.5 Å². The Morgan fingerprint density at radius 2 is 0.778 bits per heavy atom. The van der Waals surface area contributed by atoms with Gasteiger partial charge in [-0.1, -0.05) is 170 Å². The smallest absolute Gasteiger partial charge is 0.136 e. The molecule has 2 aromatic heterocycles. The summed E-state index contributed by atoms with van der Waals surface area (Å²) in [4.78, 5) is 2.40. The molecule has 0 unspecified atom stereocenters. The quantitative estimate of drug-likeness (QED) is 0.152. The normalized spacial score (nSPS) is 11.5.